The van der Waals surface area contributed by atoms with E-state index in [0.29, 0.717) is 6.04 Å². The van der Waals surface area contributed by atoms with Gasteiger partial charge in [-0.2, -0.15) is 0 Å². The predicted molar refractivity (Wildman–Crippen MR) is 68.3 cm³/mol. The molecule has 1 heteroatoms. The fourth-order valence-corrected chi connectivity index (χ4v) is 4.79. The number of fused-ring (bicyclic) bond motifs is 5. The van der Waals surface area contributed by atoms with Crippen LogP contribution in [0.25, 0.3) is 0 Å². The Hall–Kier alpha value is -0.0400. The maximum Gasteiger partial charge on any atom is 0.0103 e. The lowest BCUT2D eigenvalue weighted by Gasteiger charge is -2.35. The molecule has 92 valence electrons. The van der Waals surface area contributed by atoms with Crippen LogP contribution in [0.1, 0.15) is 52.9 Å². The second kappa shape index (κ2) is 4.01. The first-order valence-electron chi connectivity index (χ1n) is 7.43. The Bertz CT molecular complexity index is 260. The second-order valence-corrected chi connectivity index (χ2v) is 6.96. The van der Waals surface area contributed by atoms with Gasteiger partial charge in [0.05, 0.1) is 0 Å². The van der Waals surface area contributed by atoms with Crippen molar-refractivity contribution in [3.63, 3.8) is 0 Å². The molecule has 6 atom stereocenters. The van der Waals surface area contributed by atoms with Crippen molar-refractivity contribution in [1.29, 1.82) is 0 Å². The standard InChI is InChI=1S/C15H27N/c1-9(2)10(3)16-15-8-11-7-14(15)13-6-4-5-12(11)13/h9-16H,4-8H2,1-3H3. The molecule has 3 fully saturated rings. The van der Waals surface area contributed by atoms with Gasteiger partial charge in [-0.15, -0.1) is 0 Å². The van der Waals surface area contributed by atoms with Gasteiger partial charge >= 0.3 is 0 Å². The maximum atomic E-state index is 3.92. The molecule has 3 aliphatic rings. The van der Waals surface area contributed by atoms with E-state index in [2.05, 4.69) is 26.1 Å². The molecule has 3 saturated carbocycles. The largest absolute Gasteiger partial charge is 0.311 e. The summed E-state index contributed by atoms with van der Waals surface area (Å²) in [5.74, 6) is 5.15. The number of rotatable bonds is 3. The van der Waals surface area contributed by atoms with E-state index in [-0.39, 0.29) is 0 Å². The van der Waals surface area contributed by atoms with Crippen LogP contribution in [-0.4, -0.2) is 12.1 Å². The van der Waals surface area contributed by atoms with Crippen LogP contribution >= 0.6 is 0 Å². The summed E-state index contributed by atoms with van der Waals surface area (Å²) in [6.07, 6.45) is 7.66. The summed E-state index contributed by atoms with van der Waals surface area (Å²) in [6.45, 7) is 7.04. The molecular formula is C15H27N. The van der Waals surface area contributed by atoms with Crippen molar-refractivity contribution < 1.29 is 0 Å². The van der Waals surface area contributed by atoms with E-state index < -0.39 is 0 Å². The van der Waals surface area contributed by atoms with Crippen molar-refractivity contribution in [3.8, 4) is 0 Å². The zero-order chi connectivity index (χ0) is 11.3. The van der Waals surface area contributed by atoms with Crippen LogP contribution < -0.4 is 5.32 Å². The van der Waals surface area contributed by atoms with E-state index in [1.54, 1.807) is 19.3 Å². The van der Waals surface area contributed by atoms with Crippen molar-refractivity contribution >= 4 is 0 Å². The minimum Gasteiger partial charge on any atom is -0.311 e. The SMILES string of the molecule is CC(C)C(C)NC1CC2CC1C1CCCC21. The topological polar surface area (TPSA) is 12.0 Å². The van der Waals surface area contributed by atoms with Crippen molar-refractivity contribution in [2.45, 2.75) is 65.0 Å². The number of hydrogen-bond donors (Lipinski definition) is 1. The summed E-state index contributed by atoms with van der Waals surface area (Å²) in [4.78, 5) is 0. The minimum atomic E-state index is 0.698. The van der Waals surface area contributed by atoms with Gasteiger partial charge in [0.1, 0.15) is 0 Å². The molecule has 0 aromatic rings. The Morgan fingerprint density at radius 2 is 1.69 bits per heavy atom. The highest BCUT2D eigenvalue weighted by molar-refractivity contribution is 5.05. The van der Waals surface area contributed by atoms with Crippen molar-refractivity contribution in [3.05, 3.63) is 0 Å². The van der Waals surface area contributed by atoms with Crippen LogP contribution in [0.3, 0.4) is 0 Å². The molecule has 1 N–H and O–H groups in total. The Labute approximate surface area is 100 Å². The summed E-state index contributed by atoms with van der Waals surface area (Å²) >= 11 is 0. The Morgan fingerprint density at radius 3 is 2.44 bits per heavy atom. The normalized spacial score (nSPS) is 47.6. The van der Waals surface area contributed by atoms with Gasteiger partial charge in [0.2, 0.25) is 0 Å². The summed E-state index contributed by atoms with van der Waals surface area (Å²) in [6, 6.07) is 1.56. The molecule has 3 rings (SSSR count). The molecule has 6 unspecified atom stereocenters. The first-order chi connectivity index (χ1) is 7.66. The second-order valence-electron chi connectivity index (χ2n) is 6.96. The smallest absolute Gasteiger partial charge is 0.0103 e. The van der Waals surface area contributed by atoms with E-state index in [1.807, 2.05) is 0 Å². The summed E-state index contributed by atoms with van der Waals surface area (Å²) < 4.78 is 0. The Morgan fingerprint density at radius 1 is 0.938 bits per heavy atom. The van der Waals surface area contributed by atoms with Crippen LogP contribution in [0.5, 0.6) is 0 Å². The molecule has 1 nitrogen and oxygen atoms in total. The van der Waals surface area contributed by atoms with Crippen molar-refractivity contribution in [2.75, 3.05) is 0 Å². The average molecular weight is 221 g/mol. The van der Waals surface area contributed by atoms with Gasteiger partial charge in [0.25, 0.3) is 0 Å². The van der Waals surface area contributed by atoms with Gasteiger partial charge < -0.3 is 5.32 Å². The third-order valence-electron chi connectivity index (χ3n) is 5.91. The van der Waals surface area contributed by atoms with E-state index in [4.69, 9.17) is 0 Å². The van der Waals surface area contributed by atoms with E-state index in [1.165, 1.54) is 12.8 Å². The molecule has 0 aliphatic heterocycles. The molecule has 0 saturated heterocycles. The molecular weight excluding hydrogens is 194 g/mol. The molecule has 0 spiro atoms. The average Bonchev–Trinajstić information content (AvgIpc) is 2.87. The minimum absolute atomic E-state index is 0.698. The van der Waals surface area contributed by atoms with Gasteiger partial charge in [-0.05, 0) is 62.2 Å². The predicted octanol–water partition coefficient (Wildman–Crippen LogP) is 3.45. The highest BCUT2D eigenvalue weighted by Crippen LogP contribution is 2.58. The highest BCUT2D eigenvalue weighted by atomic mass is 15.0. The Kier molecular flexibility index (Phi) is 2.78. The van der Waals surface area contributed by atoms with Crippen molar-refractivity contribution in [2.24, 2.45) is 29.6 Å². The zero-order valence-corrected chi connectivity index (χ0v) is 11.1. The third kappa shape index (κ3) is 1.63. The lowest BCUT2D eigenvalue weighted by atomic mass is 9.79. The lowest BCUT2D eigenvalue weighted by Crippen LogP contribution is -2.45. The molecule has 0 heterocycles. The summed E-state index contributed by atoms with van der Waals surface area (Å²) in [5, 5.41) is 3.92. The maximum absolute atomic E-state index is 3.92. The van der Waals surface area contributed by atoms with E-state index in [0.717, 1.165) is 35.6 Å². The number of nitrogens with one attached hydrogen (secondary N) is 1. The number of hydrogen-bond acceptors (Lipinski definition) is 1. The Balaban J connectivity index is 1.63. The van der Waals surface area contributed by atoms with Gasteiger partial charge in [0.15, 0.2) is 0 Å². The molecule has 16 heavy (non-hydrogen) atoms. The summed E-state index contributed by atoms with van der Waals surface area (Å²) in [5.41, 5.74) is 0. The van der Waals surface area contributed by atoms with Crippen LogP contribution in [0.2, 0.25) is 0 Å². The fraction of sp³-hybridized carbons (Fsp3) is 1.00. The highest BCUT2D eigenvalue weighted by Gasteiger charge is 2.53. The molecule has 0 amide bonds. The van der Waals surface area contributed by atoms with Crippen LogP contribution in [0.15, 0.2) is 0 Å². The molecule has 2 bridgehead atoms. The van der Waals surface area contributed by atoms with E-state index in [9.17, 15) is 0 Å². The zero-order valence-electron chi connectivity index (χ0n) is 11.1. The lowest BCUT2D eigenvalue weighted by molar-refractivity contribution is 0.191. The van der Waals surface area contributed by atoms with Gasteiger partial charge in [-0.25, -0.2) is 0 Å². The molecule has 0 radical (unpaired) electrons. The monoisotopic (exact) mass is 221 g/mol. The fourth-order valence-electron chi connectivity index (χ4n) is 4.79. The van der Waals surface area contributed by atoms with Crippen LogP contribution in [0.4, 0.5) is 0 Å². The van der Waals surface area contributed by atoms with Crippen LogP contribution in [0, 0.1) is 29.6 Å². The molecule has 0 aromatic carbocycles. The van der Waals surface area contributed by atoms with Gasteiger partial charge in [0, 0.05) is 12.1 Å². The third-order valence-corrected chi connectivity index (χ3v) is 5.91. The van der Waals surface area contributed by atoms with Gasteiger partial charge in [-0.3, -0.25) is 0 Å². The van der Waals surface area contributed by atoms with E-state index >= 15 is 0 Å². The van der Waals surface area contributed by atoms with Gasteiger partial charge in [-0.1, -0.05) is 20.3 Å². The quantitative estimate of drug-likeness (QED) is 0.770. The molecule has 0 aromatic heterocycles. The summed E-state index contributed by atoms with van der Waals surface area (Å²) in [7, 11) is 0. The molecule has 3 aliphatic carbocycles. The van der Waals surface area contributed by atoms with Crippen molar-refractivity contribution in [1.82, 2.24) is 5.32 Å². The first-order valence-corrected chi connectivity index (χ1v) is 7.43. The first kappa shape index (κ1) is 11.1. The van der Waals surface area contributed by atoms with Crippen LogP contribution in [-0.2, 0) is 0 Å².